The van der Waals surface area contributed by atoms with Crippen molar-refractivity contribution in [3.8, 4) is 0 Å². The van der Waals surface area contributed by atoms with Crippen molar-refractivity contribution in [2.24, 2.45) is 0 Å². The van der Waals surface area contributed by atoms with Crippen LogP contribution in [0, 0.1) is 6.92 Å². The van der Waals surface area contributed by atoms with Crippen LogP contribution in [-0.4, -0.2) is 28.0 Å². The molecule has 5 nitrogen and oxygen atoms in total. The molecule has 0 aliphatic heterocycles. The second kappa shape index (κ2) is 8.97. The topological polar surface area (TPSA) is 53.9 Å². The molecule has 0 aliphatic carbocycles. The third-order valence-corrected chi connectivity index (χ3v) is 3.95. The Bertz CT molecular complexity index is 707. The largest absolute Gasteiger partial charge is 0.333 e. The molecule has 0 radical (unpaired) electrons. The Morgan fingerprint density at radius 1 is 1.00 bits per heavy atom. The van der Waals surface area contributed by atoms with E-state index in [1.165, 1.54) is 11.1 Å². The highest BCUT2D eigenvalue weighted by Crippen LogP contribution is 2.25. The van der Waals surface area contributed by atoms with Crippen LogP contribution in [0.2, 0.25) is 0 Å². The van der Waals surface area contributed by atoms with E-state index in [0.29, 0.717) is 30.8 Å². The predicted octanol–water partition coefficient (Wildman–Crippen LogP) is 4.23. The normalized spacial score (nSPS) is 10.4. The monoisotopic (exact) mass is 337 g/mol. The third kappa shape index (κ3) is 4.66. The van der Waals surface area contributed by atoms with Crippen LogP contribution in [0.1, 0.15) is 30.8 Å². The van der Waals surface area contributed by atoms with E-state index in [-0.39, 0.29) is 0 Å². The molecule has 0 aliphatic rings. The van der Waals surface area contributed by atoms with Gasteiger partial charge < -0.3 is 10.2 Å². The summed E-state index contributed by atoms with van der Waals surface area (Å²) in [6, 6.07) is 6.37. The molecule has 1 heterocycles. The van der Waals surface area contributed by atoms with E-state index in [1.54, 1.807) is 0 Å². The maximum Gasteiger partial charge on any atom is 0.232 e. The van der Waals surface area contributed by atoms with Crippen molar-refractivity contribution in [1.82, 2.24) is 15.0 Å². The van der Waals surface area contributed by atoms with Gasteiger partial charge in [-0.2, -0.15) is 15.0 Å². The lowest BCUT2D eigenvalue weighted by Crippen LogP contribution is -2.26. The minimum absolute atomic E-state index is 0.566. The van der Waals surface area contributed by atoms with Crippen LogP contribution in [-0.2, 0) is 12.8 Å². The van der Waals surface area contributed by atoms with Crippen molar-refractivity contribution in [2.45, 2.75) is 33.6 Å². The zero-order valence-electron chi connectivity index (χ0n) is 15.4. The molecular weight excluding hydrogens is 310 g/mol. The number of rotatable bonds is 9. The van der Waals surface area contributed by atoms with Crippen LogP contribution >= 0.6 is 0 Å². The SMILES string of the molecule is C=CCN(CC=C)c1nc(C)nc(Nc2c(CC)cccc2CC)n1. The predicted molar refractivity (Wildman–Crippen MR) is 106 cm³/mol. The van der Waals surface area contributed by atoms with Gasteiger partial charge in [-0.1, -0.05) is 44.2 Å². The van der Waals surface area contributed by atoms with E-state index >= 15 is 0 Å². The number of hydrogen-bond donors (Lipinski definition) is 1. The average Bonchev–Trinajstić information content (AvgIpc) is 2.61. The van der Waals surface area contributed by atoms with Gasteiger partial charge in [0, 0.05) is 18.8 Å². The molecule has 0 spiro atoms. The quantitative estimate of drug-likeness (QED) is 0.694. The summed E-state index contributed by atoms with van der Waals surface area (Å²) in [7, 11) is 0. The highest BCUT2D eigenvalue weighted by molar-refractivity contribution is 5.64. The molecule has 1 N–H and O–H groups in total. The van der Waals surface area contributed by atoms with Gasteiger partial charge in [-0.25, -0.2) is 0 Å². The van der Waals surface area contributed by atoms with Crippen molar-refractivity contribution < 1.29 is 0 Å². The van der Waals surface area contributed by atoms with Gasteiger partial charge >= 0.3 is 0 Å². The Hall–Kier alpha value is -2.69. The fourth-order valence-corrected chi connectivity index (χ4v) is 2.73. The molecule has 0 fully saturated rings. The Morgan fingerprint density at radius 2 is 1.60 bits per heavy atom. The molecule has 0 atom stereocenters. The summed E-state index contributed by atoms with van der Waals surface area (Å²) in [4.78, 5) is 15.6. The molecule has 0 saturated heterocycles. The number of aromatic nitrogens is 3. The van der Waals surface area contributed by atoms with Gasteiger partial charge in [-0.05, 0) is 30.9 Å². The molecule has 0 saturated carbocycles. The van der Waals surface area contributed by atoms with Crippen molar-refractivity contribution in [3.05, 3.63) is 60.5 Å². The maximum absolute atomic E-state index is 4.61. The summed E-state index contributed by atoms with van der Waals surface area (Å²) in [5.74, 6) is 1.87. The van der Waals surface area contributed by atoms with Crippen LogP contribution < -0.4 is 10.2 Å². The first kappa shape index (κ1) is 18.6. The number of aryl methyl sites for hydroxylation is 3. The molecule has 0 bridgehead atoms. The van der Waals surface area contributed by atoms with Gasteiger partial charge in [-0.3, -0.25) is 0 Å². The summed E-state index contributed by atoms with van der Waals surface area (Å²) in [5, 5.41) is 3.42. The van der Waals surface area contributed by atoms with E-state index in [9.17, 15) is 0 Å². The second-order valence-corrected chi connectivity index (χ2v) is 5.77. The standard InChI is InChI=1S/C20H27N5/c1-6-13-25(14-7-2)20-22-15(5)21-19(24-20)23-18-16(8-3)11-10-12-17(18)9-4/h6-7,10-12H,1-2,8-9,13-14H2,3-5H3,(H,21,22,23,24). The number of nitrogens with one attached hydrogen (secondary N) is 1. The minimum Gasteiger partial charge on any atom is -0.333 e. The lowest BCUT2D eigenvalue weighted by atomic mass is 10.0. The summed E-state index contributed by atoms with van der Waals surface area (Å²) in [6.45, 7) is 15.1. The molecule has 5 heteroatoms. The van der Waals surface area contributed by atoms with Crippen LogP contribution in [0.3, 0.4) is 0 Å². The summed E-state index contributed by atoms with van der Waals surface area (Å²) < 4.78 is 0. The van der Waals surface area contributed by atoms with Gasteiger partial charge in [0.2, 0.25) is 11.9 Å². The molecule has 0 amide bonds. The first-order valence-corrected chi connectivity index (χ1v) is 8.70. The highest BCUT2D eigenvalue weighted by Gasteiger charge is 2.13. The maximum atomic E-state index is 4.61. The van der Waals surface area contributed by atoms with Gasteiger partial charge in [0.05, 0.1) is 0 Å². The highest BCUT2D eigenvalue weighted by atomic mass is 15.3. The van der Waals surface area contributed by atoms with Crippen molar-refractivity contribution in [2.75, 3.05) is 23.3 Å². The molecule has 132 valence electrons. The van der Waals surface area contributed by atoms with Crippen molar-refractivity contribution >= 4 is 17.6 Å². The van der Waals surface area contributed by atoms with Crippen molar-refractivity contribution in [1.29, 1.82) is 0 Å². The Balaban J connectivity index is 2.41. The summed E-state index contributed by atoms with van der Waals surface area (Å²) in [5.41, 5.74) is 3.61. The van der Waals surface area contributed by atoms with Gasteiger partial charge in [-0.15, -0.1) is 13.2 Å². The van der Waals surface area contributed by atoms with E-state index in [2.05, 4.69) is 65.5 Å². The van der Waals surface area contributed by atoms with E-state index in [4.69, 9.17) is 0 Å². The van der Waals surface area contributed by atoms with Gasteiger partial charge in [0.15, 0.2) is 0 Å². The lowest BCUT2D eigenvalue weighted by Gasteiger charge is -2.20. The van der Waals surface area contributed by atoms with Crippen LogP contribution in [0.25, 0.3) is 0 Å². The van der Waals surface area contributed by atoms with Gasteiger partial charge in [0.1, 0.15) is 5.82 Å². The number of anilines is 3. The van der Waals surface area contributed by atoms with Crippen LogP contribution in [0.4, 0.5) is 17.6 Å². The number of nitrogens with zero attached hydrogens (tertiary/aromatic N) is 4. The molecule has 25 heavy (non-hydrogen) atoms. The van der Waals surface area contributed by atoms with E-state index < -0.39 is 0 Å². The summed E-state index contributed by atoms with van der Waals surface area (Å²) in [6.07, 6.45) is 5.56. The zero-order chi connectivity index (χ0) is 18.2. The van der Waals surface area contributed by atoms with Crippen LogP contribution in [0.5, 0.6) is 0 Å². The molecule has 0 unspecified atom stereocenters. The summed E-state index contributed by atoms with van der Waals surface area (Å²) >= 11 is 0. The minimum atomic E-state index is 0.566. The third-order valence-electron chi connectivity index (χ3n) is 3.95. The molecule has 1 aromatic carbocycles. The zero-order valence-corrected chi connectivity index (χ0v) is 15.4. The lowest BCUT2D eigenvalue weighted by molar-refractivity contribution is 0.857. The second-order valence-electron chi connectivity index (χ2n) is 5.77. The van der Waals surface area contributed by atoms with Crippen molar-refractivity contribution in [3.63, 3.8) is 0 Å². The molecular formula is C20H27N5. The Kier molecular flexibility index (Phi) is 6.69. The van der Waals surface area contributed by atoms with E-state index in [1.807, 2.05) is 24.0 Å². The first-order valence-electron chi connectivity index (χ1n) is 8.70. The smallest absolute Gasteiger partial charge is 0.232 e. The molecule has 2 rings (SSSR count). The number of para-hydroxylation sites is 1. The Labute approximate surface area is 150 Å². The average molecular weight is 337 g/mol. The fourth-order valence-electron chi connectivity index (χ4n) is 2.73. The fraction of sp³-hybridized carbons (Fsp3) is 0.350. The number of benzene rings is 1. The van der Waals surface area contributed by atoms with E-state index in [0.717, 1.165) is 18.5 Å². The Morgan fingerprint density at radius 3 is 2.12 bits per heavy atom. The van der Waals surface area contributed by atoms with Crippen LogP contribution in [0.15, 0.2) is 43.5 Å². The first-order chi connectivity index (χ1) is 12.1. The molecule has 2 aromatic rings. The molecule has 1 aromatic heterocycles. The van der Waals surface area contributed by atoms with Gasteiger partial charge in [0.25, 0.3) is 0 Å². The number of hydrogen-bond acceptors (Lipinski definition) is 5.